The molecule has 0 spiro atoms. The fourth-order valence-electron chi connectivity index (χ4n) is 1.61. The van der Waals surface area contributed by atoms with Crippen molar-refractivity contribution in [3.8, 4) is 10.7 Å². The molecule has 0 bridgehead atoms. The van der Waals surface area contributed by atoms with Crippen molar-refractivity contribution in [3.63, 3.8) is 0 Å². The molecule has 0 saturated heterocycles. The first kappa shape index (κ1) is 15.7. The van der Waals surface area contributed by atoms with E-state index in [4.69, 9.17) is 23.2 Å². The largest absolute Gasteiger partial charge is 0.307 e. The fraction of sp³-hybridized carbons (Fsp3) is 0.429. The molecule has 0 atom stereocenters. The third kappa shape index (κ3) is 3.92. The van der Waals surface area contributed by atoms with E-state index in [1.807, 2.05) is 6.92 Å². The Kier molecular flexibility index (Phi) is 4.69. The van der Waals surface area contributed by atoms with Gasteiger partial charge in [0, 0.05) is 23.2 Å². The SMILES string of the molecule is Cc1nc(-c2ncc(Cl)cc2Cl)sc1CNC(C)(C)C. The van der Waals surface area contributed by atoms with Crippen LogP contribution in [0.25, 0.3) is 10.7 Å². The van der Waals surface area contributed by atoms with Crippen molar-refractivity contribution in [2.24, 2.45) is 0 Å². The Morgan fingerprint density at radius 3 is 2.60 bits per heavy atom. The maximum absolute atomic E-state index is 6.18. The van der Waals surface area contributed by atoms with Gasteiger partial charge in [0.2, 0.25) is 0 Å². The molecule has 108 valence electrons. The second-order valence-electron chi connectivity index (χ2n) is 5.62. The summed E-state index contributed by atoms with van der Waals surface area (Å²) in [5, 5.41) is 5.35. The highest BCUT2D eigenvalue weighted by molar-refractivity contribution is 7.15. The summed E-state index contributed by atoms with van der Waals surface area (Å²) in [6.45, 7) is 9.22. The summed E-state index contributed by atoms with van der Waals surface area (Å²) in [5.41, 5.74) is 1.77. The van der Waals surface area contributed by atoms with Crippen LogP contribution in [-0.4, -0.2) is 15.5 Å². The molecule has 0 aliphatic rings. The number of nitrogens with zero attached hydrogens (tertiary/aromatic N) is 2. The summed E-state index contributed by atoms with van der Waals surface area (Å²) in [7, 11) is 0. The molecule has 2 aromatic rings. The smallest absolute Gasteiger partial charge is 0.143 e. The third-order valence-corrected chi connectivity index (χ3v) is 4.34. The van der Waals surface area contributed by atoms with Gasteiger partial charge in [-0.25, -0.2) is 4.98 Å². The number of aryl methyl sites for hydroxylation is 1. The third-order valence-electron chi connectivity index (χ3n) is 2.68. The Morgan fingerprint density at radius 1 is 1.30 bits per heavy atom. The van der Waals surface area contributed by atoms with Crippen molar-refractivity contribution >= 4 is 34.5 Å². The van der Waals surface area contributed by atoms with Gasteiger partial charge in [0.25, 0.3) is 0 Å². The van der Waals surface area contributed by atoms with Gasteiger partial charge in [-0.2, -0.15) is 0 Å². The Balaban J connectivity index is 2.26. The molecule has 1 N–H and O–H groups in total. The fourth-order valence-corrected chi connectivity index (χ4v) is 3.15. The van der Waals surface area contributed by atoms with Gasteiger partial charge < -0.3 is 5.32 Å². The number of hydrogen-bond acceptors (Lipinski definition) is 4. The Hall–Kier alpha value is -0.680. The molecule has 0 unspecified atom stereocenters. The first-order valence-corrected chi connectivity index (χ1v) is 7.86. The quantitative estimate of drug-likeness (QED) is 0.886. The van der Waals surface area contributed by atoms with Crippen LogP contribution in [0.2, 0.25) is 10.0 Å². The number of hydrogen-bond donors (Lipinski definition) is 1. The predicted octanol–water partition coefficient (Wildman–Crippen LogP) is 4.71. The molecule has 0 fully saturated rings. The highest BCUT2D eigenvalue weighted by Gasteiger charge is 2.15. The normalized spacial score (nSPS) is 11.9. The van der Waals surface area contributed by atoms with Crippen molar-refractivity contribution in [1.82, 2.24) is 15.3 Å². The van der Waals surface area contributed by atoms with Gasteiger partial charge in [0.05, 0.1) is 15.7 Å². The minimum absolute atomic E-state index is 0.0762. The molecule has 0 amide bonds. The zero-order valence-corrected chi connectivity index (χ0v) is 14.2. The molecule has 6 heteroatoms. The van der Waals surface area contributed by atoms with E-state index in [0.717, 1.165) is 17.2 Å². The molecule has 0 aliphatic heterocycles. The summed E-state index contributed by atoms with van der Waals surface area (Å²) in [4.78, 5) is 10.0. The van der Waals surface area contributed by atoms with Crippen LogP contribution in [-0.2, 0) is 6.54 Å². The van der Waals surface area contributed by atoms with E-state index in [0.29, 0.717) is 15.7 Å². The van der Waals surface area contributed by atoms with Gasteiger partial charge >= 0.3 is 0 Å². The average molecular weight is 330 g/mol. The number of thiazole rings is 1. The van der Waals surface area contributed by atoms with Crippen LogP contribution in [0, 0.1) is 6.92 Å². The number of pyridine rings is 1. The second-order valence-corrected chi connectivity index (χ2v) is 7.54. The minimum Gasteiger partial charge on any atom is -0.307 e. The topological polar surface area (TPSA) is 37.8 Å². The van der Waals surface area contributed by atoms with E-state index in [9.17, 15) is 0 Å². The van der Waals surface area contributed by atoms with Gasteiger partial charge in [0.1, 0.15) is 10.7 Å². The number of aromatic nitrogens is 2. The van der Waals surface area contributed by atoms with E-state index < -0.39 is 0 Å². The molecule has 0 radical (unpaired) electrons. The first-order chi connectivity index (χ1) is 9.26. The first-order valence-electron chi connectivity index (χ1n) is 6.29. The van der Waals surface area contributed by atoms with E-state index in [-0.39, 0.29) is 5.54 Å². The number of rotatable bonds is 3. The highest BCUT2D eigenvalue weighted by Crippen LogP contribution is 2.32. The molecular weight excluding hydrogens is 313 g/mol. The van der Waals surface area contributed by atoms with Gasteiger partial charge in [0.15, 0.2) is 0 Å². The van der Waals surface area contributed by atoms with Gasteiger partial charge in [-0.15, -0.1) is 11.3 Å². The van der Waals surface area contributed by atoms with Crippen molar-refractivity contribution < 1.29 is 0 Å². The lowest BCUT2D eigenvalue weighted by Gasteiger charge is -2.19. The molecular formula is C14H17Cl2N3S. The summed E-state index contributed by atoms with van der Waals surface area (Å²) in [6, 6.07) is 1.69. The van der Waals surface area contributed by atoms with Crippen LogP contribution in [0.15, 0.2) is 12.3 Å². The Labute approximate surface area is 133 Å². The molecule has 20 heavy (non-hydrogen) atoms. The van der Waals surface area contributed by atoms with E-state index >= 15 is 0 Å². The number of halogens is 2. The lowest BCUT2D eigenvalue weighted by Crippen LogP contribution is -2.34. The highest BCUT2D eigenvalue weighted by atomic mass is 35.5. The van der Waals surface area contributed by atoms with Crippen LogP contribution >= 0.6 is 34.5 Å². The summed E-state index contributed by atoms with van der Waals surface area (Å²) >= 11 is 13.7. The molecule has 2 aromatic heterocycles. The maximum atomic E-state index is 6.18. The second kappa shape index (κ2) is 5.98. The standard InChI is InChI=1S/C14H17Cl2N3S/c1-8-11(7-18-14(2,3)4)20-13(19-8)12-10(16)5-9(15)6-17-12/h5-6,18H,7H2,1-4H3. The van der Waals surface area contributed by atoms with Crippen LogP contribution < -0.4 is 5.32 Å². The van der Waals surface area contributed by atoms with Crippen LogP contribution in [0.4, 0.5) is 0 Å². The molecule has 3 nitrogen and oxygen atoms in total. The monoisotopic (exact) mass is 329 g/mol. The Morgan fingerprint density at radius 2 is 2.00 bits per heavy atom. The van der Waals surface area contributed by atoms with Crippen molar-refractivity contribution in [2.45, 2.75) is 39.8 Å². The van der Waals surface area contributed by atoms with E-state index in [1.54, 1.807) is 23.6 Å². The summed E-state index contributed by atoms with van der Waals surface area (Å²) < 4.78 is 0. The van der Waals surface area contributed by atoms with Crippen LogP contribution in [0.3, 0.4) is 0 Å². The Bertz CT molecular complexity index is 617. The zero-order valence-electron chi connectivity index (χ0n) is 11.9. The molecule has 0 aliphatic carbocycles. The van der Waals surface area contributed by atoms with Crippen molar-refractivity contribution in [1.29, 1.82) is 0 Å². The lowest BCUT2D eigenvalue weighted by molar-refractivity contribution is 0.425. The number of nitrogens with one attached hydrogen (secondary N) is 1. The van der Waals surface area contributed by atoms with Crippen molar-refractivity contribution in [2.75, 3.05) is 0 Å². The maximum Gasteiger partial charge on any atom is 0.143 e. The molecule has 0 saturated carbocycles. The van der Waals surface area contributed by atoms with Crippen LogP contribution in [0.5, 0.6) is 0 Å². The van der Waals surface area contributed by atoms with Gasteiger partial charge in [-0.05, 0) is 33.8 Å². The van der Waals surface area contributed by atoms with Crippen LogP contribution in [0.1, 0.15) is 31.3 Å². The van der Waals surface area contributed by atoms with Crippen molar-refractivity contribution in [3.05, 3.63) is 32.9 Å². The lowest BCUT2D eigenvalue weighted by atomic mass is 10.1. The molecule has 0 aromatic carbocycles. The van der Waals surface area contributed by atoms with Gasteiger partial charge in [-0.3, -0.25) is 4.98 Å². The zero-order chi connectivity index (χ0) is 14.9. The average Bonchev–Trinajstić information content (AvgIpc) is 2.67. The van der Waals surface area contributed by atoms with E-state index in [2.05, 4.69) is 36.1 Å². The molecule has 2 rings (SSSR count). The predicted molar refractivity (Wildman–Crippen MR) is 86.7 cm³/mol. The minimum atomic E-state index is 0.0762. The molecule has 2 heterocycles. The summed E-state index contributed by atoms with van der Waals surface area (Å²) in [5.74, 6) is 0. The summed E-state index contributed by atoms with van der Waals surface area (Å²) in [6.07, 6.45) is 1.59. The van der Waals surface area contributed by atoms with E-state index in [1.165, 1.54) is 4.88 Å². The van der Waals surface area contributed by atoms with Gasteiger partial charge in [-0.1, -0.05) is 23.2 Å².